The molecule has 3 N–H and O–H groups in total. The van der Waals surface area contributed by atoms with Gasteiger partial charge in [0.25, 0.3) is 0 Å². The lowest BCUT2D eigenvalue weighted by molar-refractivity contribution is 0.129. The molecule has 0 spiro atoms. The maximum atomic E-state index is 8.58. The minimum absolute atomic E-state index is 0.118. The summed E-state index contributed by atoms with van der Waals surface area (Å²) in [4.78, 5) is 0. The van der Waals surface area contributed by atoms with E-state index in [9.17, 15) is 0 Å². The predicted octanol–water partition coefficient (Wildman–Crippen LogP) is 2.74. The van der Waals surface area contributed by atoms with E-state index in [1.807, 2.05) is 12.1 Å². The van der Waals surface area contributed by atoms with Crippen molar-refractivity contribution in [2.24, 2.45) is 16.8 Å². The quantitative estimate of drug-likeness (QED) is 0.374. The number of hydrogen-bond donors (Lipinski definition) is 2. The van der Waals surface area contributed by atoms with Gasteiger partial charge in [-0.1, -0.05) is 18.5 Å². The van der Waals surface area contributed by atoms with Gasteiger partial charge < -0.3 is 15.7 Å². The zero-order valence-corrected chi connectivity index (χ0v) is 10.7. The van der Waals surface area contributed by atoms with Crippen molar-refractivity contribution in [2.45, 2.75) is 38.7 Å². The molecule has 1 aliphatic rings. The van der Waals surface area contributed by atoms with Crippen LogP contribution in [0.1, 0.15) is 38.2 Å². The maximum absolute atomic E-state index is 8.58. The third-order valence-corrected chi connectivity index (χ3v) is 3.45. The molecule has 4 heteroatoms. The summed E-state index contributed by atoms with van der Waals surface area (Å²) in [7, 11) is 0. The standard InChI is InChI=1S/C14H20N2O2/c1-10-3-2-4-13(9-10)18-12-7-5-11(6-8-12)14(15)16-17/h5-8,10,13,17H,2-4,9H2,1H3,(H2,15,16). The van der Waals surface area contributed by atoms with Crippen LogP contribution in [0.25, 0.3) is 0 Å². The molecule has 0 aliphatic heterocycles. The van der Waals surface area contributed by atoms with Gasteiger partial charge in [0.1, 0.15) is 5.75 Å². The molecule has 1 saturated carbocycles. The molecule has 18 heavy (non-hydrogen) atoms. The number of nitrogens with zero attached hydrogens (tertiary/aromatic N) is 1. The average Bonchev–Trinajstić information content (AvgIpc) is 2.39. The van der Waals surface area contributed by atoms with Crippen LogP contribution in [0.5, 0.6) is 5.75 Å². The Bertz CT molecular complexity index is 414. The van der Waals surface area contributed by atoms with Crippen LogP contribution < -0.4 is 10.5 Å². The van der Waals surface area contributed by atoms with Crippen LogP contribution in [-0.4, -0.2) is 17.1 Å². The molecular formula is C14H20N2O2. The molecule has 0 heterocycles. The van der Waals surface area contributed by atoms with E-state index in [1.54, 1.807) is 12.1 Å². The van der Waals surface area contributed by atoms with E-state index in [2.05, 4.69) is 12.1 Å². The SMILES string of the molecule is CC1CCCC(Oc2ccc(/C(N)=N/O)cc2)C1. The molecule has 1 aromatic rings. The molecule has 0 bridgehead atoms. The van der Waals surface area contributed by atoms with E-state index < -0.39 is 0 Å². The summed E-state index contributed by atoms with van der Waals surface area (Å²) in [5, 5.41) is 11.5. The minimum Gasteiger partial charge on any atom is -0.490 e. The Morgan fingerprint density at radius 1 is 1.33 bits per heavy atom. The summed E-state index contributed by atoms with van der Waals surface area (Å²) in [5.74, 6) is 1.72. The molecule has 2 rings (SSSR count). The van der Waals surface area contributed by atoms with Crippen molar-refractivity contribution in [2.75, 3.05) is 0 Å². The fourth-order valence-corrected chi connectivity index (χ4v) is 2.44. The van der Waals surface area contributed by atoms with Crippen LogP contribution in [0.4, 0.5) is 0 Å². The van der Waals surface area contributed by atoms with Crippen LogP contribution in [0.2, 0.25) is 0 Å². The molecule has 98 valence electrons. The number of nitrogens with two attached hydrogens (primary N) is 1. The Morgan fingerprint density at radius 2 is 2.06 bits per heavy atom. The van der Waals surface area contributed by atoms with Crippen LogP contribution >= 0.6 is 0 Å². The lowest BCUT2D eigenvalue weighted by atomic mass is 9.89. The Kier molecular flexibility index (Phi) is 4.07. The molecule has 1 aliphatic carbocycles. The first-order valence-corrected chi connectivity index (χ1v) is 6.43. The van der Waals surface area contributed by atoms with Gasteiger partial charge >= 0.3 is 0 Å². The first kappa shape index (κ1) is 12.7. The molecule has 0 amide bonds. The minimum atomic E-state index is 0.118. The van der Waals surface area contributed by atoms with Gasteiger partial charge in [0, 0.05) is 5.56 Å². The van der Waals surface area contributed by atoms with Crippen molar-refractivity contribution in [1.82, 2.24) is 0 Å². The lowest BCUT2D eigenvalue weighted by Gasteiger charge is -2.27. The number of amidine groups is 1. The highest BCUT2D eigenvalue weighted by molar-refractivity contribution is 5.97. The van der Waals surface area contributed by atoms with E-state index in [1.165, 1.54) is 12.8 Å². The van der Waals surface area contributed by atoms with Crippen LogP contribution in [0.3, 0.4) is 0 Å². The summed E-state index contributed by atoms with van der Waals surface area (Å²) < 4.78 is 5.95. The molecule has 0 saturated heterocycles. The van der Waals surface area contributed by atoms with Crippen molar-refractivity contribution in [3.63, 3.8) is 0 Å². The van der Waals surface area contributed by atoms with Crippen molar-refractivity contribution in [3.05, 3.63) is 29.8 Å². The zero-order valence-electron chi connectivity index (χ0n) is 10.7. The van der Waals surface area contributed by atoms with Gasteiger partial charge in [-0.05, 0) is 49.4 Å². The highest BCUT2D eigenvalue weighted by atomic mass is 16.5. The monoisotopic (exact) mass is 248 g/mol. The Labute approximate surface area is 107 Å². The van der Waals surface area contributed by atoms with Gasteiger partial charge in [0.15, 0.2) is 5.84 Å². The van der Waals surface area contributed by atoms with Crippen LogP contribution in [0.15, 0.2) is 29.4 Å². The third kappa shape index (κ3) is 3.15. The van der Waals surface area contributed by atoms with Gasteiger partial charge in [0.05, 0.1) is 6.10 Å². The number of hydrogen-bond acceptors (Lipinski definition) is 3. The molecule has 1 aromatic carbocycles. The predicted molar refractivity (Wildman–Crippen MR) is 71.0 cm³/mol. The second kappa shape index (κ2) is 5.76. The topological polar surface area (TPSA) is 67.8 Å². The molecule has 0 radical (unpaired) electrons. The molecule has 4 nitrogen and oxygen atoms in total. The van der Waals surface area contributed by atoms with Gasteiger partial charge in [0.2, 0.25) is 0 Å². The van der Waals surface area contributed by atoms with E-state index >= 15 is 0 Å². The molecule has 1 fully saturated rings. The van der Waals surface area contributed by atoms with E-state index in [0.29, 0.717) is 11.7 Å². The Morgan fingerprint density at radius 3 is 2.67 bits per heavy atom. The van der Waals surface area contributed by atoms with Crippen LogP contribution in [0, 0.1) is 5.92 Å². The van der Waals surface area contributed by atoms with Crippen molar-refractivity contribution in [3.8, 4) is 5.75 Å². The van der Waals surface area contributed by atoms with Gasteiger partial charge in [-0.3, -0.25) is 0 Å². The summed E-state index contributed by atoms with van der Waals surface area (Å²) in [5.41, 5.74) is 6.20. The van der Waals surface area contributed by atoms with E-state index in [-0.39, 0.29) is 5.84 Å². The molecular weight excluding hydrogens is 228 g/mol. The summed E-state index contributed by atoms with van der Waals surface area (Å²) in [6, 6.07) is 7.34. The van der Waals surface area contributed by atoms with E-state index in [4.69, 9.17) is 15.7 Å². The first-order valence-electron chi connectivity index (χ1n) is 6.43. The average molecular weight is 248 g/mol. The Hall–Kier alpha value is -1.71. The highest BCUT2D eigenvalue weighted by Crippen LogP contribution is 2.27. The summed E-state index contributed by atoms with van der Waals surface area (Å²) in [6.45, 7) is 2.27. The number of ether oxygens (including phenoxy) is 1. The summed E-state index contributed by atoms with van der Waals surface area (Å²) >= 11 is 0. The number of rotatable bonds is 3. The Balaban J connectivity index is 1.97. The lowest BCUT2D eigenvalue weighted by Crippen LogP contribution is -2.24. The van der Waals surface area contributed by atoms with Crippen molar-refractivity contribution >= 4 is 5.84 Å². The normalized spacial score (nSPS) is 24.8. The third-order valence-electron chi connectivity index (χ3n) is 3.45. The first-order chi connectivity index (χ1) is 8.69. The number of benzene rings is 1. The second-order valence-electron chi connectivity index (χ2n) is 5.02. The molecule has 2 atom stereocenters. The van der Waals surface area contributed by atoms with E-state index in [0.717, 1.165) is 24.5 Å². The fourth-order valence-electron chi connectivity index (χ4n) is 2.44. The fraction of sp³-hybridized carbons (Fsp3) is 0.500. The zero-order chi connectivity index (χ0) is 13.0. The van der Waals surface area contributed by atoms with Crippen LogP contribution in [-0.2, 0) is 0 Å². The smallest absolute Gasteiger partial charge is 0.170 e. The second-order valence-corrected chi connectivity index (χ2v) is 5.02. The maximum Gasteiger partial charge on any atom is 0.170 e. The molecule has 2 unspecified atom stereocenters. The largest absolute Gasteiger partial charge is 0.490 e. The highest BCUT2D eigenvalue weighted by Gasteiger charge is 2.20. The van der Waals surface area contributed by atoms with Gasteiger partial charge in [-0.25, -0.2) is 0 Å². The summed E-state index contributed by atoms with van der Waals surface area (Å²) in [6.07, 6.45) is 5.13. The van der Waals surface area contributed by atoms with Crippen molar-refractivity contribution in [1.29, 1.82) is 0 Å². The van der Waals surface area contributed by atoms with Gasteiger partial charge in [-0.15, -0.1) is 0 Å². The van der Waals surface area contributed by atoms with Crippen molar-refractivity contribution < 1.29 is 9.94 Å². The molecule has 0 aromatic heterocycles. The number of oxime groups is 1. The van der Waals surface area contributed by atoms with Gasteiger partial charge in [-0.2, -0.15) is 0 Å².